The van der Waals surface area contributed by atoms with Crippen LogP contribution in [-0.2, 0) is 17.4 Å². The summed E-state index contributed by atoms with van der Waals surface area (Å²) in [5.74, 6) is -1.71. The topological polar surface area (TPSA) is 79.8 Å². The van der Waals surface area contributed by atoms with Gasteiger partial charge in [-0.05, 0) is 18.4 Å². The van der Waals surface area contributed by atoms with Gasteiger partial charge in [-0.3, -0.25) is 4.79 Å². The fourth-order valence-electron chi connectivity index (χ4n) is 2.16. The van der Waals surface area contributed by atoms with Gasteiger partial charge in [-0.2, -0.15) is 23.4 Å². The average molecular weight is 321 g/mol. The number of nitrogens with zero attached hydrogens (tertiary/aromatic N) is 3. The third-order valence-corrected chi connectivity index (χ3v) is 3.74. The highest BCUT2D eigenvalue weighted by molar-refractivity contribution is 5.91. The minimum absolute atomic E-state index is 0.119. The number of hydrogen-bond acceptors (Lipinski definition) is 5. The number of halogens is 3. The molecule has 1 aromatic heterocycles. The molecule has 0 radical (unpaired) electrons. The van der Waals surface area contributed by atoms with Crippen molar-refractivity contribution in [3.8, 4) is 17.5 Å². The number of nitriles is 1. The van der Waals surface area contributed by atoms with Crippen molar-refractivity contribution in [3.05, 3.63) is 35.7 Å². The molecule has 23 heavy (non-hydrogen) atoms. The molecule has 0 aliphatic heterocycles. The zero-order chi connectivity index (χ0) is 16.7. The summed E-state index contributed by atoms with van der Waals surface area (Å²) in [6, 6.07) is 8.27. The van der Waals surface area contributed by atoms with Crippen molar-refractivity contribution < 1.29 is 22.5 Å². The van der Waals surface area contributed by atoms with Gasteiger partial charge >= 0.3 is 12.1 Å². The predicted molar refractivity (Wildman–Crippen MR) is 70.7 cm³/mol. The van der Waals surface area contributed by atoms with Crippen molar-refractivity contribution in [2.24, 2.45) is 5.41 Å². The van der Waals surface area contributed by atoms with Gasteiger partial charge in [-0.25, -0.2) is 0 Å². The van der Waals surface area contributed by atoms with Crippen molar-refractivity contribution in [1.82, 2.24) is 10.1 Å². The Balaban J connectivity index is 1.74. The van der Waals surface area contributed by atoms with Crippen molar-refractivity contribution in [3.63, 3.8) is 0 Å². The average Bonchev–Trinajstić information content (AvgIpc) is 3.15. The van der Waals surface area contributed by atoms with Gasteiger partial charge in [-0.1, -0.05) is 29.4 Å². The molecule has 0 saturated heterocycles. The minimum atomic E-state index is -4.69. The Morgan fingerprint density at radius 2 is 1.96 bits per heavy atom. The van der Waals surface area contributed by atoms with Crippen LogP contribution in [0.15, 0.2) is 28.8 Å². The molecule has 0 spiro atoms. The molecule has 1 aliphatic rings. The molecule has 5 nitrogen and oxygen atoms in total. The Morgan fingerprint density at radius 3 is 2.43 bits per heavy atom. The molecule has 0 N–H and O–H groups in total. The summed E-state index contributed by atoms with van der Waals surface area (Å²) in [4.78, 5) is 15.3. The molecule has 0 unspecified atom stereocenters. The molecule has 2 aromatic rings. The summed E-state index contributed by atoms with van der Waals surface area (Å²) < 4.78 is 41.4. The Hall–Kier alpha value is -2.69. The molecular formula is C15H10F3N3O2. The second kappa shape index (κ2) is 5.19. The molecule has 1 fully saturated rings. The lowest BCUT2D eigenvalue weighted by Crippen LogP contribution is -2.16. The van der Waals surface area contributed by atoms with Gasteiger partial charge in [0.1, 0.15) is 5.41 Å². The van der Waals surface area contributed by atoms with Crippen molar-refractivity contribution in [2.45, 2.75) is 25.4 Å². The number of Topliss-reactive ketones (excluding diaryl/α,β-unsaturated/α-hetero) is 1. The van der Waals surface area contributed by atoms with Crippen LogP contribution in [0.4, 0.5) is 13.2 Å². The largest absolute Gasteiger partial charge is 0.471 e. The van der Waals surface area contributed by atoms with E-state index in [1.807, 2.05) is 6.07 Å². The third kappa shape index (κ3) is 2.95. The maximum atomic E-state index is 12.4. The quantitative estimate of drug-likeness (QED) is 0.864. The number of hydrogen-bond donors (Lipinski definition) is 0. The van der Waals surface area contributed by atoms with E-state index in [2.05, 4.69) is 14.7 Å². The van der Waals surface area contributed by atoms with Crippen LogP contribution in [0.25, 0.3) is 11.4 Å². The molecular weight excluding hydrogens is 311 g/mol. The summed E-state index contributed by atoms with van der Waals surface area (Å²) >= 11 is 0. The summed E-state index contributed by atoms with van der Waals surface area (Å²) in [6.07, 6.45) is -3.39. The first kappa shape index (κ1) is 15.2. The monoisotopic (exact) mass is 321 g/mol. The Kier molecular flexibility index (Phi) is 3.43. The van der Waals surface area contributed by atoms with Crippen molar-refractivity contribution in [1.29, 1.82) is 5.26 Å². The SMILES string of the molecule is N#CC1(C(=O)Cc2ccc(-c3noc(C(F)(F)F)n3)cc2)CC1. The number of ketones is 1. The van der Waals surface area contributed by atoms with Gasteiger partial charge < -0.3 is 4.52 Å². The zero-order valence-electron chi connectivity index (χ0n) is 11.7. The van der Waals surface area contributed by atoms with E-state index in [0.717, 1.165) is 0 Å². The number of aromatic nitrogens is 2. The fraction of sp³-hybridized carbons (Fsp3) is 0.333. The van der Waals surface area contributed by atoms with Crippen LogP contribution in [0, 0.1) is 16.7 Å². The maximum absolute atomic E-state index is 12.4. The van der Waals surface area contributed by atoms with E-state index in [4.69, 9.17) is 5.26 Å². The van der Waals surface area contributed by atoms with E-state index in [-0.39, 0.29) is 18.0 Å². The predicted octanol–water partition coefficient (Wildman–Crippen LogP) is 3.17. The van der Waals surface area contributed by atoms with Crippen LogP contribution in [0.3, 0.4) is 0 Å². The molecule has 0 bridgehead atoms. The molecule has 8 heteroatoms. The van der Waals surface area contributed by atoms with Crippen LogP contribution < -0.4 is 0 Å². The number of alkyl halides is 3. The fourth-order valence-corrected chi connectivity index (χ4v) is 2.16. The summed E-state index contributed by atoms with van der Waals surface area (Å²) in [5, 5.41) is 12.3. The highest BCUT2D eigenvalue weighted by Gasteiger charge is 2.49. The van der Waals surface area contributed by atoms with Gasteiger partial charge in [0.2, 0.25) is 5.82 Å². The Bertz CT molecular complexity index is 784. The first-order valence-electron chi connectivity index (χ1n) is 6.79. The normalized spacial score (nSPS) is 15.9. The van der Waals surface area contributed by atoms with Gasteiger partial charge in [-0.15, -0.1) is 0 Å². The molecule has 0 amide bonds. The molecule has 1 saturated carbocycles. The van der Waals surface area contributed by atoms with Gasteiger partial charge in [0.05, 0.1) is 6.07 Å². The van der Waals surface area contributed by atoms with E-state index in [9.17, 15) is 18.0 Å². The molecule has 1 aliphatic carbocycles. The number of benzene rings is 1. The van der Waals surface area contributed by atoms with Crippen LogP contribution in [0.1, 0.15) is 24.3 Å². The van der Waals surface area contributed by atoms with Crippen molar-refractivity contribution >= 4 is 5.78 Å². The molecule has 3 rings (SSSR count). The zero-order valence-corrected chi connectivity index (χ0v) is 11.7. The van der Waals surface area contributed by atoms with E-state index in [0.29, 0.717) is 24.0 Å². The van der Waals surface area contributed by atoms with Gasteiger partial charge in [0.25, 0.3) is 0 Å². The minimum Gasteiger partial charge on any atom is -0.329 e. The lowest BCUT2D eigenvalue weighted by Gasteiger charge is -2.05. The van der Waals surface area contributed by atoms with Gasteiger partial charge in [0, 0.05) is 12.0 Å². The smallest absolute Gasteiger partial charge is 0.329 e. The van der Waals surface area contributed by atoms with E-state index in [1.54, 1.807) is 12.1 Å². The summed E-state index contributed by atoms with van der Waals surface area (Å²) in [7, 11) is 0. The van der Waals surface area contributed by atoms with E-state index < -0.39 is 17.5 Å². The van der Waals surface area contributed by atoms with E-state index >= 15 is 0 Å². The summed E-state index contributed by atoms with van der Waals surface area (Å²) in [6.45, 7) is 0. The second-order valence-corrected chi connectivity index (χ2v) is 5.41. The van der Waals surface area contributed by atoms with E-state index in [1.165, 1.54) is 12.1 Å². The maximum Gasteiger partial charge on any atom is 0.471 e. The number of carbonyl (C=O) groups is 1. The first-order chi connectivity index (χ1) is 10.8. The Labute approximate surface area is 128 Å². The van der Waals surface area contributed by atoms with Crippen LogP contribution >= 0.6 is 0 Å². The standard InChI is InChI=1S/C15H10F3N3O2/c16-15(17,18)13-20-12(21-23-13)10-3-1-9(2-4-10)7-11(22)14(8-19)5-6-14/h1-4H,5-7H2. The van der Waals surface area contributed by atoms with Crippen LogP contribution in [0.2, 0.25) is 0 Å². The molecule has 1 heterocycles. The molecule has 1 aromatic carbocycles. The van der Waals surface area contributed by atoms with Crippen LogP contribution in [0.5, 0.6) is 0 Å². The highest BCUT2D eigenvalue weighted by atomic mass is 19.4. The third-order valence-electron chi connectivity index (χ3n) is 3.74. The number of rotatable bonds is 4. The highest BCUT2D eigenvalue weighted by Crippen LogP contribution is 2.46. The molecule has 0 atom stereocenters. The van der Waals surface area contributed by atoms with Gasteiger partial charge in [0.15, 0.2) is 5.78 Å². The second-order valence-electron chi connectivity index (χ2n) is 5.41. The van der Waals surface area contributed by atoms with Crippen molar-refractivity contribution in [2.75, 3.05) is 0 Å². The van der Waals surface area contributed by atoms with Crippen LogP contribution in [-0.4, -0.2) is 15.9 Å². The first-order valence-corrected chi connectivity index (χ1v) is 6.79. The Morgan fingerprint density at radius 1 is 1.30 bits per heavy atom. The molecule has 118 valence electrons. The number of carbonyl (C=O) groups excluding carboxylic acids is 1. The lowest BCUT2D eigenvalue weighted by atomic mass is 9.96. The lowest BCUT2D eigenvalue weighted by molar-refractivity contribution is -0.159. The summed E-state index contributed by atoms with van der Waals surface area (Å²) in [5.41, 5.74) is 0.190.